The lowest BCUT2D eigenvalue weighted by Crippen LogP contribution is -2.32. The average Bonchev–Trinajstić information content (AvgIpc) is 2.94. The van der Waals surface area contributed by atoms with Gasteiger partial charge in [-0.05, 0) is 43.5 Å². The van der Waals surface area contributed by atoms with Crippen LogP contribution in [0.2, 0.25) is 0 Å². The number of aromatic hydroxyl groups is 1. The van der Waals surface area contributed by atoms with Crippen LogP contribution in [0.25, 0.3) is 0 Å². The Morgan fingerprint density at radius 1 is 1.29 bits per heavy atom. The van der Waals surface area contributed by atoms with Gasteiger partial charge in [-0.15, -0.1) is 0 Å². The molecule has 3 rings (SSSR count). The van der Waals surface area contributed by atoms with E-state index < -0.39 is 0 Å². The molecule has 3 unspecified atom stereocenters. The summed E-state index contributed by atoms with van der Waals surface area (Å²) in [6.45, 7) is 0. The Hall–Kier alpha value is -1.55. The molecule has 1 aromatic carbocycles. The second-order valence-corrected chi connectivity index (χ2v) is 4.93. The smallest absolute Gasteiger partial charge is 0.229 e. The lowest BCUT2D eigenvalue weighted by Gasteiger charge is -2.19. The van der Waals surface area contributed by atoms with Gasteiger partial charge in [-0.3, -0.25) is 4.79 Å². The van der Waals surface area contributed by atoms with Crippen LogP contribution < -0.4 is 10.6 Å². The molecule has 4 heteroatoms. The van der Waals surface area contributed by atoms with Crippen molar-refractivity contribution in [2.24, 2.45) is 5.92 Å². The van der Waals surface area contributed by atoms with Crippen molar-refractivity contribution in [1.82, 2.24) is 5.32 Å². The number of carbonyl (C=O) groups is 1. The zero-order valence-corrected chi connectivity index (χ0v) is 9.52. The first-order valence-corrected chi connectivity index (χ1v) is 6.08. The molecule has 0 aromatic heterocycles. The third-order valence-electron chi connectivity index (χ3n) is 3.77. The summed E-state index contributed by atoms with van der Waals surface area (Å²) < 4.78 is 0. The molecule has 3 atom stereocenters. The standard InChI is InChI=1S/C13H16N2O2/c16-10-4-1-8(2-5-10)15-13(17)11-7-9-3-6-12(11)14-9/h1-2,4-5,9,11-12,14,16H,3,6-7H2,(H,15,17). The van der Waals surface area contributed by atoms with E-state index in [9.17, 15) is 4.79 Å². The third-order valence-corrected chi connectivity index (χ3v) is 3.77. The van der Waals surface area contributed by atoms with E-state index in [4.69, 9.17) is 5.11 Å². The maximum atomic E-state index is 12.1. The Balaban J connectivity index is 1.65. The van der Waals surface area contributed by atoms with Gasteiger partial charge >= 0.3 is 0 Å². The summed E-state index contributed by atoms with van der Waals surface area (Å²) in [7, 11) is 0. The summed E-state index contributed by atoms with van der Waals surface area (Å²) in [4.78, 5) is 12.1. The van der Waals surface area contributed by atoms with E-state index >= 15 is 0 Å². The van der Waals surface area contributed by atoms with Gasteiger partial charge in [0, 0.05) is 17.8 Å². The van der Waals surface area contributed by atoms with Crippen LogP contribution in [0.1, 0.15) is 19.3 Å². The van der Waals surface area contributed by atoms with Gasteiger partial charge in [-0.2, -0.15) is 0 Å². The molecule has 4 nitrogen and oxygen atoms in total. The van der Waals surface area contributed by atoms with Crippen LogP contribution in [0.5, 0.6) is 5.75 Å². The van der Waals surface area contributed by atoms with Crippen molar-refractivity contribution in [3.8, 4) is 5.75 Å². The summed E-state index contributed by atoms with van der Waals surface area (Å²) in [6.07, 6.45) is 3.26. The van der Waals surface area contributed by atoms with Crippen molar-refractivity contribution in [1.29, 1.82) is 0 Å². The van der Waals surface area contributed by atoms with Crippen LogP contribution >= 0.6 is 0 Å². The first-order valence-electron chi connectivity index (χ1n) is 6.08. The highest BCUT2D eigenvalue weighted by atomic mass is 16.3. The van der Waals surface area contributed by atoms with Gasteiger partial charge in [0.1, 0.15) is 5.75 Å². The van der Waals surface area contributed by atoms with Crippen LogP contribution in [0.3, 0.4) is 0 Å². The number of hydrogen-bond donors (Lipinski definition) is 3. The number of phenolic OH excluding ortho intramolecular Hbond substituents is 1. The van der Waals surface area contributed by atoms with Gasteiger partial charge < -0.3 is 15.7 Å². The molecule has 90 valence electrons. The van der Waals surface area contributed by atoms with Gasteiger partial charge in [0.05, 0.1) is 5.92 Å². The number of fused-ring (bicyclic) bond motifs is 2. The quantitative estimate of drug-likeness (QED) is 0.677. The fraction of sp³-hybridized carbons (Fsp3) is 0.462. The van der Waals surface area contributed by atoms with E-state index in [1.165, 1.54) is 6.42 Å². The molecule has 1 amide bonds. The monoisotopic (exact) mass is 232 g/mol. The molecule has 2 heterocycles. The molecule has 2 aliphatic rings. The van der Waals surface area contributed by atoms with Gasteiger partial charge in [0.25, 0.3) is 0 Å². The predicted octanol–water partition coefficient (Wildman–Crippen LogP) is 1.47. The molecule has 2 fully saturated rings. The van der Waals surface area contributed by atoms with E-state index in [0.29, 0.717) is 12.1 Å². The molecule has 2 saturated heterocycles. The van der Waals surface area contributed by atoms with Gasteiger partial charge in [0.15, 0.2) is 0 Å². The van der Waals surface area contributed by atoms with E-state index in [1.807, 2.05) is 0 Å². The van der Waals surface area contributed by atoms with Gasteiger partial charge in [-0.25, -0.2) is 0 Å². The second kappa shape index (κ2) is 4.04. The van der Waals surface area contributed by atoms with Crippen LogP contribution in [-0.4, -0.2) is 23.1 Å². The molecule has 1 aromatic rings. The minimum Gasteiger partial charge on any atom is -0.508 e. The van der Waals surface area contributed by atoms with Crippen molar-refractivity contribution < 1.29 is 9.90 Å². The minimum absolute atomic E-state index is 0.0930. The van der Waals surface area contributed by atoms with Crippen molar-refractivity contribution in [3.63, 3.8) is 0 Å². The maximum Gasteiger partial charge on any atom is 0.229 e. The van der Waals surface area contributed by atoms with Crippen molar-refractivity contribution in [2.45, 2.75) is 31.3 Å². The third kappa shape index (κ3) is 2.00. The van der Waals surface area contributed by atoms with Gasteiger partial charge in [0.2, 0.25) is 5.91 Å². The van der Waals surface area contributed by atoms with E-state index in [1.54, 1.807) is 24.3 Å². The number of anilines is 1. The summed E-state index contributed by atoms with van der Waals surface area (Å²) in [5, 5.41) is 15.5. The number of rotatable bonds is 2. The van der Waals surface area contributed by atoms with Crippen molar-refractivity contribution in [3.05, 3.63) is 24.3 Å². The largest absolute Gasteiger partial charge is 0.508 e. The Morgan fingerprint density at radius 3 is 2.65 bits per heavy atom. The molecule has 2 bridgehead atoms. The SMILES string of the molecule is O=C(Nc1ccc(O)cc1)C1CC2CCC1N2. The highest BCUT2D eigenvalue weighted by Gasteiger charge is 2.42. The normalized spacial score (nSPS) is 30.5. The highest BCUT2D eigenvalue weighted by Crippen LogP contribution is 2.33. The fourth-order valence-corrected chi connectivity index (χ4v) is 2.89. The molecule has 17 heavy (non-hydrogen) atoms. The van der Waals surface area contributed by atoms with Gasteiger partial charge in [-0.1, -0.05) is 0 Å². The fourth-order valence-electron chi connectivity index (χ4n) is 2.89. The second-order valence-electron chi connectivity index (χ2n) is 4.93. The molecule has 0 radical (unpaired) electrons. The van der Waals surface area contributed by atoms with Crippen molar-refractivity contribution >= 4 is 11.6 Å². The molecular formula is C13H16N2O2. The topological polar surface area (TPSA) is 61.4 Å². The first kappa shape index (κ1) is 10.6. The zero-order valence-electron chi connectivity index (χ0n) is 9.52. The van der Waals surface area contributed by atoms with E-state index in [0.717, 1.165) is 18.5 Å². The Labute approximate surface area is 100 Å². The van der Waals surface area contributed by atoms with Crippen LogP contribution in [0, 0.1) is 5.92 Å². The molecule has 2 aliphatic heterocycles. The van der Waals surface area contributed by atoms with E-state index in [2.05, 4.69) is 10.6 Å². The predicted molar refractivity (Wildman–Crippen MR) is 64.8 cm³/mol. The molecule has 3 N–H and O–H groups in total. The summed E-state index contributed by atoms with van der Waals surface area (Å²) in [5.41, 5.74) is 0.746. The van der Waals surface area contributed by atoms with Crippen LogP contribution in [0.15, 0.2) is 24.3 Å². The molecule has 0 aliphatic carbocycles. The molecule has 0 saturated carbocycles. The average molecular weight is 232 g/mol. The minimum atomic E-state index is 0.0930. The first-order chi connectivity index (χ1) is 8.22. The molecular weight excluding hydrogens is 216 g/mol. The summed E-state index contributed by atoms with van der Waals surface area (Å²) in [6, 6.07) is 7.48. The summed E-state index contributed by atoms with van der Waals surface area (Å²) >= 11 is 0. The zero-order chi connectivity index (χ0) is 11.8. The lowest BCUT2D eigenvalue weighted by atomic mass is 9.88. The summed E-state index contributed by atoms with van der Waals surface area (Å²) in [5.74, 6) is 0.405. The Kier molecular flexibility index (Phi) is 2.52. The number of benzene rings is 1. The Bertz CT molecular complexity index is 430. The highest BCUT2D eigenvalue weighted by molar-refractivity contribution is 5.93. The van der Waals surface area contributed by atoms with E-state index in [-0.39, 0.29) is 17.6 Å². The number of phenols is 1. The van der Waals surface area contributed by atoms with Crippen LogP contribution in [0.4, 0.5) is 5.69 Å². The number of hydrogen-bond acceptors (Lipinski definition) is 3. The number of nitrogens with one attached hydrogen (secondary N) is 2. The number of amides is 1. The lowest BCUT2D eigenvalue weighted by molar-refractivity contribution is -0.120. The Morgan fingerprint density at radius 2 is 2.06 bits per heavy atom. The molecule has 0 spiro atoms. The van der Waals surface area contributed by atoms with Crippen LogP contribution in [-0.2, 0) is 4.79 Å². The number of carbonyl (C=O) groups excluding carboxylic acids is 1. The maximum absolute atomic E-state index is 12.1. The van der Waals surface area contributed by atoms with Crippen molar-refractivity contribution in [2.75, 3.05) is 5.32 Å².